The van der Waals surface area contributed by atoms with Gasteiger partial charge in [-0.25, -0.2) is 9.97 Å². The van der Waals surface area contributed by atoms with Gasteiger partial charge >= 0.3 is 6.18 Å². The van der Waals surface area contributed by atoms with Gasteiger partial charge in [-0.1, -0.05) is 23.7 Å². The maximum absolute atomic E-state index is 13.1. The fraction of sp³-hybridized carbons (Fsp3) is 0.0625. The van der Waals surface area contributed by atoms with E-state index in [1.54, 1.807) is 24.3 Å². The number of rotatable bonds is 4. The van der Waals surface area contributed by atoms with Crippen molar-refractivity contribution >= 4 is 29.6 Å². The molecule has 25 heavy (non-hydrogen) atoms. The van der Waals surface area contributed by atoms with Crippen LogP contribution in [0.25, 0.3) is 11.3 Å². The minimum absolute atomic E-state index is 0.0624. The van der Waals surface area contributed by atoms with E-state index in [4.69, 9.17) is 16.0 Å². The highest BCUT2D eigenvalue weighted by molar-refractivity contribution is 7.99. The number of benzene rings is 1. The molecule has 0 unspecified atom stereocenters. The third-order valence-corrected chi connectivity index (χ3v) is 4.08. The van der Waals surface area contributed by atoms with Crippen molar-refractivity contribution in [2.45, 2.75) is 16.4 Å². The van der Waals surface area contributed by atoms with E-state index >= 15 is 0 Å². The SMILES string of the molecule is O=Cc1ccc(Sc2nc(-c3ccc(Cl)cc3)cc(C(F)(F)F)n2)o1. The summed E-state index contributed by atoms with van der Waals surface area (Å²) in [5.41, 5.74) is -0.507. The van der Waals surface area contributed by atoms with Crippen LogP contribution >= 0.6 is 23.4 Å². The molecule has 1 aromatic carbocycles. The molecule has 128 valence electrons. The number of hydrogen-bond donors (Lipinski definition) is 0. The molecule has 0 saturated heterocycles. The van der Waals surface area contributed by atoms with E-state index in [1.165, 1.54) is 12.1 Å². The molecule has 3 aromatic rings. The summed E-state index contributed by atoms with van der Waals surface area (Å²) in [7, 11) is 0. The molecule has 0 amide bonds. The lowest BCUT2D eigenvalue weighted by Crippen LogP contribution is -2.10. The Morgan fingerprint density at radius 3 is 2.40 bits per heavy atom. The second kappa shape index (κ2) is 6.89. The lowest BCUT2D eigenvalue weighted by molar-refractivity contribution is -0.141. The van der Waals surface area contributed by atoms with Crippen LogP contribution in [-0.4, -0.2) is 16.3 Å². The molecule has 0 aliphatic heterocycles. The summed E-state index contributed by atoms with van der Waals surface area (Å²) in [4.78, 5) is 18.3. The molecule has 4 nitrogen and oxygen atoms in total. The predicted octanol–water partition coefficient (Wildman–Crippen LogP) is 5.37. The summed E-state index contributed by atoms with van der Waals surface area (Å²) >= 11 is 6.59. The Bertz CT molecular complexity index is 910. The highest BCUT2D eigenvalue weighted by Gasteiger charge is 2.34. The van der Waals surface area contributed by atoms with E-state index in [0.717, 1.165) is 17.8 Å². The van der Waals surface area contributed by atoms with Gasteiger partial charge in [0.05, 0.1) is 5.69 Å². The molecule has 3 rings (SSSR count). The number of aldehydes is 1. The summed E-state index contributed by atoms with van der Waals surface area (Å²) in [5, 5.41) is 0.524. The summed E-state index contributed by atoms with van der Waals surface area (Å²) in [6, 6.07) is 9.98. The second-order valence-corrected chi connectivity index (χ2v) is 6.21. The van der Waals surface area contributed by atoms with Gasteiger partial charge in [-0.15, -0.1) is 0 Å². The Balaban J connectivity index is 2.03. The molecule has 0 aliphatic rings. The fourth-order valence-corrected chi connectivity index (χ4v) is 2.79. The highest BCUT2D eigenvalue weighted by Crippen LogP contribution is 2.34. The van der Waals surface area contributed by atoms with E-state index in [0.29, 0.717) is 16.9 Å². The fourth-order valence-electron chi connectivity index (χ4n) is 1.93. The number of nitrogens with zero attached hydrogens (tertiary/aromatic N) is 2. The van der Waals surface area contributed by atoms with Crippen LogP contribution in [0, 0.1) is 0 Å². The van der Waals surface area contributed by atoms with Gasteiger partial charge in [-0.05, 0) is 42.1 Å². The van der Waals surface area contributed by atoms with E-state index in [-0.39, 0.29) is 21.7 Å². The topological polar surface area (TPSA) is 56.0 Å². The second-order valence-electron chi connectivity index (χ2n) is 4.80. The number of carbonyl (C=O) groups excluding carboxylic acids is 1. The van der Waals surface area contributed by atoms with Crippen molar-refractivity contribution < 1.29 is 22.4 Å². The zero-order valence-electron chi connectivity index (χ0n) is 12.2. The lowest BCUT2D eigenvalue weighted by atomic mass is 10.1. The van der Waals surface area contributed by atoms with E-state index < -0.39 is 11.9 Å². The van der Waals surface area contributed by atoms with E-state index in [1.807, 2.05) is 0 Å². The van der Waals surface area contributed by atoms with Crippen molar-refractivity contribution in [3.8, 4) is 11.3 Å². The van der Waals surface area contributed by atoms with Crippen LogP contribution in [-0.2, 0) is 6.18 Å². The molecule has 9 heteroatoms. The number of hydrogen-bond acceptors (Lipinski definition) is 5. The predicted molar refractivity (Wildman–Crippen MR) is 85.7 cm³/mol. The van der Waals surface area contributed by atoms with Crippen LogP contribution in [0.2, 0.25) is 5.02 Å². The first-order chi connectivity index (χ1) is 11.8. The summed E-state index contributed by atoms with van der Waals surface area (Å²) in [6.45, 7) is 0. The molecule has 0 N–H and O–H groups in total. The third-order valence-electron chi connectivity index (χ3n) is 3.05. The van der Waals surface area contributed by atoms with Crippen molar-refractivity contribution in [3.05, 3.63) is 58.9 Å². The van der Waals surface area contributed by atoms with Crippen LogP contribution in [0.15, 0.2) is 57.1 Å². The Morgan fingerprint density at radius 2 is 1.80 bits per heavy atom. The Kier molecular flexibility index (Phi) is 4.82. The zero-order chi connectivity index (χ0) is 18.0. The van der Waals surface area contributed by atoms with Gasteiger partial charge in [0.25, 0.3) is 0 Å². The molecular weight excluding hydrogens is 377 g/mol. The first kappa shape index (κ1) is 17.5. The smallest absolute Gasteiger partial charge is 0.433 e. The normalized spacial score (nSPS) is 11.5. The Morgan fingerprint density at radius 1 is 1.08 bits per heavy atom. The minimum atomic E-state index is -4.63. The summed E-state index contributed by atoms with van der Waals surface area (Å²) in [6.07, 6.45) is -4.13. The molecule has 0 aliphatic carbocycles. The molecule has 0 saturated carbocycles. The zero-order valence-corrected chi connectivity index (χ0v) is 13.8. The average Bonchev–Trinajstić information content (AvgIpc) is 3.02. The van der Waals surface area contributed by atoms with Crippen LogP contribution in [0.5, 0.6) is 0 Å². The Labute approximate surface area is 149 Å². The van der Waals surface area contributed by atoms with E-state index in [9.17, 15) is 18.0 Å². The van der Waals surface area contributed by atoms with Crippen molar-refractivity contribution in [1.29, 1.82) is 0 Å². The average molecular weight is 385 g/mol. The standard InChI is InChI=1S/C16H8ClF3N2O2S/c17-10-3-1-9(2-4-10)12-7-13(16(18,19)20)22-15(21-12)25-14-6-5-11(8-23)24-14/h1-8H. The molecule has 0 spiro atoms. The van der Waals surface area contributed by atoms with Gasteiger partial charge in [-0.2, -0.15) is 13.2 Å². The van der Waals surface area contributed by atoms with Gasteiger partial charge in [0.15, 0.2) is 22.3 Å². The maximum atomic E-state index is 13.1. The summed E-state index contributed by atoms with van der Waals surface area (Å²) < 4.78 is 44.5. The summed E-state index contributed by atoms with van der Waals surface area (Å²) in [5.74, 6) is 0.0624. The first-order valence-electron chi connectivity index (χ1n) is 6.80. The van der Waals surface area contributed by atoms with Gasteiger partial charge in [0.1, 0.15) is 5.69 Å². The lowest BCUT2D eigenvalue weighted by Gasteiger charge is -2.10. The molecule has 0 bridgehead atoms. The van der Waals surface area contributed by atoms with Crippen LogP contribution in [0.1, 0.15) is 16.2 Å². The van der Waals surface area contributed by atoms with Gasteiger partial charge in [0.2, 0.25) is 0 Å². The number of halogens is 4. The maximum Gasteiger partial charge on any atom is 0.433 e. The molecule has 0 fully saturated rings. The first-order valence-corrected chi connectivity index (χ1v) is 8.00. The molecule has 0 atom stereocenters. The molecule has 2 heterocycles. The largest absolute Gasteiger partial charge is 0.447 e. The number of alkyl halides is 3. The minimum Gasteiger partial charge on any atom is -0.447 e. The number of furan rings is 1. The number of carbonyl (C=O) groups is 1. The van der Waals surface area contributed by atoms with Crippen LogP contribution < -0.4 is 0 Å². The van der Waals surface area contributed by atoms with Crippen molar-refractivity contribution in [3.63, 3.8) is 0 Å². The van der Waals surface area contributed by atoms with Crippen LogP contribution in [0.3, 0.4) is 0 Å². The van der Waals surface area contributed by atoms with Crippen LogP contribution in [0.4, 0.5) is 13.2 Å². The van der Waals surface area contributed by atoms with Crippen molar-refractivity contribution in [2.75, 3.05) is 0 Å². The van der Waals surface area contributed by atoms with Crippen molar-refractivity contribution in [2.24, 2.45) is 0 Å². The third kappa shape index (κ3) is 4.21. The Hall–Kier alpha value is -2.32. The number of aromatic nitrogens is 2. The quantitative estimate of drug-likeness (QED) is 0.447. The van der Waals surface area contributed by atoms with Gasteiger partial charge in [-0.3, -0.25) is 4.79 Å². The molecule has 0 radical (unpaired) electrons. The van der Waals surface area contributed by atoms with Crippen molar-refractivity contribution in [1.82, 2.24) is 9.97 Å². The molecular formula is C16H8ClF3N2O2S. The molecule has 2 aromatic heterocycles. The monoisotopic (exact) mass is 384 g/mol. The van der Waals surface area contributed by atoms with Gasteiger partial charge < -0.3 is 4.42 Å². The van der Waals surface area contributed by atoms with E-state index in [2.05, 4.69) is 9.97 Å². The highest BCUT2D eigenvalue weighted by atomic mass is 35.5. The van der Waals surface area contributed by atoms with Gasteiger partial charge in [0, 0.05) is 10.6 Å².